The molecule has 5 rings (SSSR count). The van der Waals surface area contributed by atoms with E-state index in [2.05, 4.69) is 30.0 Å². The summed E-state index contributed by atoms with van der Waals surface area (Å²) in [6.07, 6.45) is 0.359. The van der Waals surface area contributed by atoms with Gasteiger partial charge in [-0.1, -0.05) is 55.0 Å². The topological polar surface area (TPSA) is 88.5 Å². The molecular formula is C33H42N2O6S. The van der Waals surface area contributed by atoms with Gasteiger partial charge in [-0.2, -0.15) is 4.31 Å². The molecule has 9 heteroatoms. The van der Waals surface area contributed by atoms with Crippen molar-refractivity contribution in [2.75, 3.05) is 51.4 Å². The third-order valence-corrected chi connectivity index (χ3v) is 10.1. The second-order valence-corrected chi connectivity index (χ2v) is 13.1. The second-order valence-electron chi connectivity index (χ2n) is 11.2. The van der Waals surface area contributed by atoms with Crippen molar-refractivity contribution in [1.29, 1.82) is 0 Å². The molecule has 3 aromatic rings. The maximum atomic E-state index is 13.6. The summed E-state index contributed by atoms with van der Waals surface area (Å²) in [7, 11) is -2.10. The molecule has 2 aliphatic heterocycles. The minimum atomic E-state index is -3.81. The van der Waals surface area contributed by atoms with Crippen LogP contribution in [0.15, 0.2) is 71.6 Å². The van der Waals surface area contributed by atoms with E-state index in [4.69, 9.17) is 14.2 Å². The SMILES string of the molecule is CCc1ccc([C@H]2[C@H](O)CN(S(=O)(=O)c3ccc(C)cc3)C[C@@H]2OCc2ccc3c(c2)N(CCCOC)CCO3)cc1. The third-order valence-electron chi connectivity index (χ3n) is 8.24. The number of piperidine rings is 1. The zero-order valence-electron chi connectivity index (χ0n) is 24.7. The number of β-amino-alcohol motifs (C(OH)–C–C–N with tert-alkyl or cyclic N) is 1. The van der Waals surface area contributed by atoms with Crippen LogP contribution in [0.4, 0.5) is 5.69 Å². The first-order valence-electron chi connectivity index (χ1n) is 14.7. The molecule has 8 nitrogen and oxygen atoms in total. The first-order valence-corrected chi connectivity index (χ1v) is 16.2. The second kappa shape index (κ2) is 13.6. The monoisotopic (exact) mass is 594 g/mol. The summed E-state index contributed by atoms with van der Waals surface area (Å²) in [5, 5.41) is 11.4. The normalized spacial score (nSPS) is 21.1. The van der Waals surface area contributed by atoms with Crippen molar-refractivity contribution in [1.82, 2.24) is 4.31 Å². The van der Waals surface area contributed by atoms with Crippen LogP contribution in [-0.4, -0.2) is 76.5 Å². The van der Waals surface area contributed by atoms with E-state index >= 15 is 0 Å². The van der Waals surface area contributed by atoms with E-state index in [0.29, 0.717) is 13.2 Å². The lowest BCUT2D eigenvalue weighted by atomic mass is 9.85. The molecule has 0 amide bonds. The van der Waals surface area contributed by atoms with Crippen LogP contribution >= 0.6 is 0 Å². The lowest BCUT2D eigenvalue weighted by molar-refractivity contribution is -0.0534. The molecular weight excluding hydrogens is 552 g/mol. The Hall–Kier alpha value is -2.95. The van der Waals surface area contributed by atoms with Gasteiger partial charge in [-0.3, -0.25) is 0 Å². The van der Waals surface area contributed by atoms with Crippen molar-refractivity contribution in [3.63, 3.8) is 0 Å². The molecule has 42 heavy (non-hydrogen) atoms. The Labute approximate surface area is 249 Å². The molecule has 0 spiro atoms. The number of methoxy groups -OCH3 is 1. The van der Waals surface area contributed by atoms with Crippen molar-refractivity contribution >= 4 is 15.7 Å². The van der Waals surface area contributed by atoms with E-state index in [-0.39, 0.29) is 30.5 Å². The molecule has 0 bridgehead atoms. The zero-order valence-corrected chi connectivity index (χ0v) is 25.6. The Balaban J connectivity index is 1.39. The molecule has 0 aromatic heterocycles. The molecule has 1 fully saturated rings. The van der Waals surface area contributed by atoms with Gasteiger partial charge in [0.15, 0.2) is 0 Å². The van der Waals surface area contributed by atoms with Crippen molar-refractivity contribution in [2.24, 2.45) is 0 Å². The van der Waals surface area contributed by atoms with Crippen LogP contribution in [0, 0.1) is 6.92 Å². The fourth-order valence-electron chi connectivity index (χ4n) is 5.83. The minimum Gasteiger partial charge on any atom is -0.490 e. The van der Waals surface area contributed by atoms with E-state index in [1.165, 1.54) is 9.87 Å². The number of rotatable bonds is 11. The maximum Gasteiger partial charge on any atom is 0.243 e. The number of fused-ring (bicyclic) bond motifs is 1. The summed E-state index contributed by atoms with van der Waals surface area (Å²) >= 11 is 0. The largest absolute Gasteiger partial charge is 0.490 e. The van der Waals surface area contributed by atoms with Gasteiger partial charge in [0.1, 0.15) is 12.4 Å². The summed E-state index contributed by atoms with van der Waals surface area (Å²) in [5.74, 6) is 0.478. The predicted molar refractivity (Wildman–Crippen MR) is 164 cm³/mol. The van der Waals surface area contributed by atoms with Gasteiger partial charge in [0.2, 0.25) is 10.0 Å². The maximum absolute atomic E-state index is 13.6. The van der Waals surface area contributed by atoms with E-state index in [1.807, 2.05) is 31.2 Å². The van der Waals surface area contributed by atoms with E-state index in [1.54, 1.807) is 31.4 Å². The Morgan fingerprint density at radius 2 is 1.74 bits per heavy atom. The molecule has 226 valence electrons. The van der Waals surface area contributed by atoms with Crippen LogP contribution in [-0.2, 0) is 32.5 Å². The van der Waals surface area contributed by atoms with Crippen LogP contribution in [0.25, 0.3) is 0 Å². The molecule has 3 atom stereocenters. The Morgan fingerprint density at radius 3 is 2.45 bits per heavy atom. The number of hydrogen-bond acceptors (Lipinski definition) is 7. The molecule has 1 saturated heterocycles. The predicted octanol–water partition coefficient (Wildman–Crippen LogP) is 4.53. The molecule has 2 aliphatic rings. The fraction of sp³-hybridized carbons (Fsp3) is 0.455. The molecule has 1 N–H and O–H groups in total. The van der Waals surface area contributed by atoms with Gasteiger partial charge in [-0.05, 0) is 60.7 Å². The van der Waals surface area contributed by atoms with Gasteiger partial charge in [0, 0.05) is 39.3 Å². The highest BCUT2D eigenvalue weighted by atomic mass is 32.2. The van der Waals surface area contributed by atoms with Crippen LogP contribution in [0.2, 0.25) is 0 Å². The van der Waals surface area contributed by atoms with Gasteiger partial charge >= 0.3 is 0 Å². The molecule has 0 radical (unpaired) electrons. The van der Waals surface area contributed by atoms with E-state index < -0.39 is 22.2 Å². The standard InChI is InChI=1S/C33H42N2O6S/c1-4-25-8-11-27(12-9-25)33-30(36)21-35(42(37,38)28-13-6-24(2)7-14-28)22-32(33)41-23-26-10-15-31-29(20-26)34(17-19-40-31)16-5-18-39-3/h6-15,20,30,32-33,36H,4-5,16-19,21-23H2,1-3H3/t30-,32+,33+/m1/s1. The summed E-state index contributed by atoms with van der Waals surface area (Å²) < 4.78 is 46.3. The van der Waals surface area contributed by atoms with Crippen molar-refractivity contribution < 1.29 is 27.7 Å². The fourth-order valence-corrected chi connectivity index (χ4v) is 7.30. The summed E-state index contributed by atoms with van der Waals surface area (Å²) in [6, 6.07) is 21.1. The number of sulfonamides is 1. The van der Waals surface area contributed by atoms with Crippen LogP contribution in [0.1, 0.15) is 41.5 Å². The highest BCUT2D eigenvalue weighted by Crippen LogP contribution is 2.36. The number of benzene rings is 3. The summed E-state index contributed by atoms with van der Waals surface area (Å²) in [4.78, 5) is 2.52. The number of anilines is 1. The first-order chi connectivity index (χ1) is 20.3. The Kier molecular flexibility index (Phi) is 9.85. The van der Waals surface area contributed by atoms with Crippen molar-refractivity contribution in [3.8, 4) is 5.75 Å². The van der Waals surface area contributed by atoms with Crippen LogP contribution in [0.3, 0.4) is 0 Å². The first kappa shape index (κ1) is 30.5. The Bertz CT molecular complexity index is 1430. The average Bonchev–Trinajstić information content (AvgIpc) is 3.00. The smallest absolute Gasteiger partial charge is 0.243 e. The molecule has 0 unspecified atom stereocenters. The summed E-state index contributed by atoms with van der Waals surface area (Å²) in [5.41, 5.74) is 5.12. The number of hydrogen-bond donors (Lipinski definition) is 1. The number of aryl methyl sites for hydroxylation is 2. The average molecular weight is 595 g/mol. The number of nitrogens with zero attached hydrogens (tertiary/aromatic N) is 2. The van der Waals surface area contributed by atoms with Crippen molar-refractivity contribution in [2.45, 2.75) is 56.3 Å². The zero-order chi connectivity index (χ0) is 29.7. The quantitative estimate of drug-likeness (QED) is 0.327. The van der Waals surface area contributed by atoms with Gasteiger partial charge in [-0.25, -0.2) is 8.42 Å². The third kappa shape index (κ3) is 6.82. The van der Waals surface area contributed by atoms with Gasteiger partial charge in [0.25, 0.3) is 0 Å². The van der Waals surface area contributed by atoms with Gasteiger partial charge in [0.05, 0.1) is 35.9 Å². The van der Waals surface area contributed by atoms with Gasteiger partial charge < -0.3 is 24.2 Å². The molecule has 0 saturated carbocycles. The number of aliphatic hydroxyl groups is 1. The van der Waals surface area contributed by atoms with Gasteiger partial charge in [-0.15, -0.1) is 0 Å². The van der Waals surface area contributed by atoms with Crippen LogP contribution < -0.4 is 9.64 Å². The molecule has 2 heterocycles. The molecule has 3 aromatic carbocycles. The van der Waals surface area contributed by atoms with E-state index in [9.17, 15) is 13.5 Å². The minimum absolute atomic E-state index is 0.00286. The van der Waals surface area contributed by atoms with Crippen LogP contribution in [0.5, 0.6) is 5.75 Å². The molecule has 0 aliphatic carbocycles. The number of ether oxygens (including phenoxy) is 3. The Morgan fingerprint density at radius 1 is 1.00 bits per heavy atom. The van der Waals surface area contributed by atoms with E-state index in [0.717, 1.165) is 54.1 Å². The lowest BCUT2D eigenvalue weighted by Crippen LogP contribution is -2.53. The summed E-state index contributed by atoms with van der Waals surface area (Å²) in [6.45, 7) is 7.45. The lowest BCUT2D eigenvalue weighted by Gasteiger charge is -2.41. The van der Waals surface area contributed by atoms with Crippen molar-refractivity contribution in [3.05, 3.63) is 89.0 Å². The number of aliphatic hydroxyl groups excluding tert-OH is 1. The highest BCUT2D eigenvalue weighted by Gasteiger charge is 2.42. The highest BCUT2D eigenvalue weighted by molar-refractivity contribution is 7.89.